The molecule has 0 saturated heterocycles. The molecule has 76 valence electrons. The zero-order valence-corrected chi connectivity index (χ0v) is 9.28. The number of nitrogens with zero attached hydrogens (tertiary/aromatic N) is 1. The van der Waals surface area contributed by atoms with Gasteiger partial charge in [-0.15, -0.1) is 0 Å². The van der Waals surface area contributed by atoms with E-state index in [1.165, 1.54) is 0 Å². The van der Waals surface area contributed by atoms with Gasteiger partial charge in [0.2, 0.25) is 0 Å². The van der Waals surface area contributed by atoms with Crippen molar-refractivity contribution in [3.8, 4) is 0 Å². The topological polar surface area (TPSA) is 82.0 Å². The van der Waals surface area contributed by atoms with E-state index in [0.717, 1.165) is 5.39 Å². The number of amides is 1. The van der Waals surface area contributed by atoms with E-state index in [2.05, 4.69) is 20.9 Å². The standard InChI is InChI=1S/C10H8BrN3O/c11-8-5-2-1-3-14-7(5)4-6(9(8)12)10(13)15/h1-4H,12H2,(H2,13,15). The number of hydrogen-bond acceptors (Lipinski definition) is 3. The lowest BCUT2D eigenvalue weighted by Crippen LogP contribution is -2.14. The fourth-order valence-corrected chi connectivity index (χ4v) is 1.95. The molecule has 0 aliphatic carbocycles. The molecule has 15 heavy (non-hydrogen) atoms. The first-order chi connectivity index (χ1) is 7.11. The van der Waals surface area contributed by atoms with Crippen molar-refractivity contribution in [2.45, 2.75) is 0 Å². The number of hydrogen-bond donors (Lipinski definition) is 2. The number of nitrogen functional groups attached to an aromatic ring is 1. The summed E-state index contributed by atoms with van der Waals surface area (Å²) in [5, 5.41) is 0.861. The van der Waals surface area contributed by atoms with Gasteiger partial charge in [0.15, 0.2) is 0 Å². The van der Waals surface area contributed by atoms with Crippen LogP contribution in [0.1, 0.15) is 10.4 Å². The van der Waals surface area contributed by atoms with Gasteiger partial charge in [0.1, 0.15) is 0 Å². The molecule has 0 aliphatic rings. The zero-order chi connectivity index (χ0) is 11.0. The predicted octanol–water partition coefficient (Wildman–Crippen LogP) is 1.68. The summed E-state index contributed by atoms with van der Waals surface area (Å²) in [6.07, 6.45) is 1.65. The second-order valence-corrected chi connectivity index (χ2v) is 3.88. The number of benzene rings is 1. The second kappa shape index (κ2) is 3.51. The van der Waals surface area contributed by atoms with Crippen LogP contribution in [-0.2, 0) is 0 Å². The van der Waals surface area contributed by atoms with Gasteiger partial charge < -0.3 is 11.5 Å². The highest BCUT2D eigenvalue weighted by molar-refractivity contribution is 9.10. The fraction of sp³-hybridized carbons (Fsp3) is 0. The number of primary amides is 1. The van der Waals surface area contributed by atoms with Gasteiger partial charge in [0.05, 0.1) is 21.2 Å². The Bertz CT molecular complexity index is 554. The Morgan fingerprint density at radius 3 is 2.87 bits per heavy atom. The van der Waals surface area contributed by atoms with Crippen LogP contribution in [0.2, 0.25) is 0 Å². The van der Waals surface area contributed by atoms with E-state index >= 15 is 0 Å². The van der Waals surface area contributed by atoms with Crippen LogP contribution in [0, 0.1) is 0 Å². The summed E-state index contributed by atoms with van der Waals surface area (Å²) < 4.78 is 0.655. The lowest BCUT2D eigenvalue weighted by molar-refractivity contribution is 0.100. The van der Waals surface area contributed by atoms with Crippen molar-refractivity contribution in [1.29, 1.82) is 0 Å². The lowest BCUT2D eigenvalue weighted by Gasteiger charge is -2.07. The number of aromatic nitrogens is 1. The Balaban J connectivity index is 2.88. The van der Waals surface area contributed by atoms with Crippen molar-refractivity contribution in [2.75, 3.05) is 5.73 Å². The highest BCUT2D eigenvalue weighted by Crippen LogP contribution is 2.31. The molecule has 2 rings (SSSR count). The molecule has 1 aromatic carbocycles. The molecule has 0 saturated carbocycles. The average Bonchev–Trinajstić information content (AvgIpc) is 2.23. The first-order valence-corrected chi connectivity index (χ1v) is 5.03. The third-order valence-electron chi connectivity index (χ3n) is 2.15. The molecule has 0 radical (unpaired) electrons. The van der Waals surface area contributed by atoms with Crippen molar-refractivity contribution in [3.05, 3.63) is 34.4 Å². The maximum absolute atomic E-state index is 11.1. The molecule has 4 nitrogen and oxygen atoms in total. The summed E-state index contributed by atoms with van der Waals surface area (Å²) in [6, 6.07) is 5.27. The van der Waals surface area contributed by atoms with Crippen LogP contribution in [0.4, 0.5) is 5.69 Å². The van der Waals surface area contributed by atoms with Crippen LogP contribution >= 0.6 is 15.9 Å². The number of carbonyl (C=O) groups excluding carboxylic acids is 1. The first kappa shape index (κ1) is 9.92. The van der Waals surface area contributed by atoms with Gasteiger partial charge in [-0.25, -0.2) is 0 Å². The van der Waals surface area contributed by atoms with E-state index in [1.807, 2.05) is 6.07 Å². The molecular weight excluding hydrogens is 258 g/mol. The van der Waals surface area contributed by atoms with Gasteiger partial charge in [-0.3, -0.25) is 9.78 Å². The number of fused-ring (bicyclic) bond motifs is 1. The SMILES string of the molecule is NC(=O)c1cc2ncccc2c(Br)c1N. The zero-order valence-electron chi connectivity index (χ0n) is 7.70. The van der Waals surface area contributed by atoms with Crippen LogP contribution in [0.3, 0.4) is 0 Å². The third-order valence-corrected chi connectivity index (χ3v) is 3.00. The van der Waals surface area contributed by atoms with Crippen molar-refractivity contribution in [2.24, 2.45) is 5.73 Å². The molecule has 0 aliphatic heterocycles. The van der Waals surface area contributed by atoms with Crippen LogP contribution in [0.15, 0.2) is 28.9 Å². The summed E-state index contributed by atoms with van der Waals surface area (Å²) >= 11 is 3.33. The number of anilines is 1. The van der Waals surface area contributed by atoms with Gasteiger partial charge >= 0.3 is 0 Å². The minimum atomic E-state index is -0.555. The summed E-state index contributed by atoms with van der Waals surface area (Å²) in [4.78, 5) is 15.2. The minimum absolute atomic E-state index is 0.285. The average molecular weight is 266 g/mol. The molecule has 0 unspecified atom stereocenters. The van der Waals surface area contributed by atoms with Crippen LogP contribution in [-0.4, -0.2) is 10.9 Å². The predicted molar refractivity (Wildman–Crippen MR) is 62.4 cm³/mol. The highest BCUT2D eigenvalue weighted by Gasteiger charge is 2.12. The van der Waals surface area contributed by atoms with E-state index in [1.54, 1.807) is 18.3 Å². The van der Waals surface area contributed by atoms with Crippen molar-refractivity contribution >= 4 is 38.4 Å². The van der Waals surface area contributed by atoms with Gasteiger partial charge in [0, 0.05) is 11.6 Å². The smallest absolute Gasteiger partial charge is 0.250 e. The number of halogens is 1. The Morgan fingerprint density at radius 1 is 1.47 bits per heavy atom. The van der Waals surface area contributed by atoms with Gasteiger partial charge in [-0.1, -0.05) is 6.07 Å². The van der Waals surface area contributed by atoms with Crippen LogP contribution in [0.5, 0.6) is 0 Å². The van der Waals surface area contributed by atoms with Gasteiger partial charge in [0.25, 0.3) is 5.91 Å². The van der Waals surface area contributed by atoms with E-state index in [4.69, 9.17) is 11.5 Å². The molecule has 0 bridgehead atoms. The molecular formula is C10H8BrN3O. The summed E-state index contributed by atoms with van der Waals surface area (Å²) in [5.74, 6) is -0.555. The van der Waals surface area contributed by atoms with Crippen molar-refractivity contribution in [3.63, 3.8) is 0 Å². The third kappa shape index (κ3) is 1.55. The minimum Gasteiger partial charge on any atom is -0.397 e. The van der Waals surface area contributed by atoms with Crippen molar-refractivity contribution in [1.82, 2.24) is 4.98 Å². The molecule has 5 heteroatoms. The Kier molecular flexibility index (Phi) is 2.32. The maximum atomic E-state index is 11.1. The molecule has 1 heterocycles. The Morgan fingerprint density at radius 2 is 2.20 bits per heavy atom. The van der Waals surface area contributed by atoms with E-state index in [0.29, 0.717) is 15.7 Å². The number of nitrogens with two attached hydrogens (primary N) is 2. The monoisotopic (exact) mass is 265 g/mol. The largest absolute Gasteiger partial charge is 0.397 e. The summed E-state index contributed by atoms with van der Waals surface area (Å²) in [7, 11) is 0. The van der Waals surface area contributed by atoms with E-state index in [9.17, 15) is 4.79 Å². The molecule has 2 aromatic rings. The molecule has 1 amide bonds. The Hall–Kier alpha value is -1.62. The number of pyridine rings is 1. The first-order valence-electron chi connectivity index (χ1n) is 4.23. The quantitative estimate of drug-likeness (QED) is 0.770. The molecule has 1 aromatic heterocycles. The number of rotatable bonds is 1. The molecule has 0 atom stereocenters. The lowest BCUT2D eigenvalue weighted by atomic mass is 10.1. The second-order valence-electron chi connectivity index (χ2n) is 3.09. The molecule has 4 N–H and O–H groups in total. The van der Waals surface area contributed by atoms with Crippen molar-refractivity contribution < 1.29 is 4.79 Å². The summed E-state index contributed by atoms with van der Waals surface area (Å²) in [6.45, 7) is 0. The molecule has 0 fully saturated rings. The normalized spacial score (nSPS) is 10.5. The van der Waals surface area contributed by atoms with Gasteiger partial charge in [-0.05, 0) is 28.1 Å². The Labute approximate surface area is 94.4 Å². The highest BCUT2D eigenvalue weighted by atomic mass is 79.9. The molecule has 0 spiro atoms. The van der Waals surface area contributed by atoms with Gasteiger partial charge in [-0.2, -0.15) is 0 Å². The number of carbonyl (C=O) groups is 1. The summed E-state index contributed by atoms with van der Waals surface area (Å²) in [5.41, 5.74) is 12.3. The fourth-order valence-electron chi connectivity index (χ4n) is 1.40. The van der Waals surface area contributed by atoms with E-state index in [-0.39, 0.29) is 5.56 Å². The van der Waals surface area contributed by atoms with E-state index < -0.39 is 5.91 Å². The maximum Gasteiger partial charge on any atom is 0.250 e. The van der Waals surface area contributed by atoms with Crippen LogP contribution < -0.4 is 11.5 Å². The van der Waals surface area contributed by atoms with Crippen LogP contribution in [0.25, 0.3) is 10.9 Å².